The quantitative estimate of drug-likeness (QED) is 0.178. The third kappa shape index (κ3) is 3.65. The highest BCUT2D eigenvalue weighted by atomic mass is 32.1. The van der Waals surface area contributed by atoms with Crippen molar-refractivity contribution in [3.63, 3.8) is 0 Å². The largest absolute Gasteiger partial charge is 0.309 e. The lowest BCUT2D eigenvalue weighted by molar-refractivity contribution is 1.18. The molecule has 0 unspecified atom stereocenters. The molecule has 0 spiro atoms. The van der Waals surface area contributed by atoms with Crippen LogP contribution in [-0.2, 0) is 0 Å². The summed E-state index contributed by atoms with van der Waals surface area (Å²) in [4.78, 5) is 0. The van der Waals surface area contributed by atoms with Crippen LogP contribution in [0.3, 0.4) is 0 Å². The van der Waals surface area contributed by atoms with Crippen LogP contribution in [0.4, 0.5) is 0 Å². The molecule has 0 saturated heterocycles. The van der Waals surface area contributed by atoms with Crippen molar-refractivity contribution in [3.8, 4) is 22.5 Å². The molecule has 3 aromatic heterocycles. The summed E-state index contributed by atoms with van der Waals surface area (Å²) in [6, 6.07) is 55.7. The lowest BCUT2D eigenvalue weighted by Crippen LogP contribution is -2.05. The van der Waals surface area contributed by atoms with Gasteiger partial charge in [0.15, 0.2) is 0 Å². The van der Waals surface area contributed by atoms with E-state index in [0.29, 0.717) is 0 Å². The average molecular weight is 603 g/mol. The number of nitrogens with zero attached hydrogens (tertiary/aromatic N) is 2. The second-order valence-electron chi connectivity index (χ2n) is 12.2. The van der Waals surface area contributed by atoms with E-state index in [1.54, 1.807) is 0 Å². The van der Waals surface area contributed by atoms with Crippen molar-refractivity contribution in [2.24, 2.45) is 0 Å². The first-order valence-electron chi connectivity index (χ1n) is 15.8. The van der Waals surface area contributed by atoms with Crippen LogP contribution < -0.4 is 5.46 Å². The number of thiophene rings is 1. The van der Waals surface area contributed by atoms with Crippen LogP contribution >= 0.6 is 11.3 Å². The zero-order valence-corrected chi connectivity index (χ0v) is 26.1. The van der Waals surface area contributed by atoms with Crippen molar-refractivity contribution in [1.29, 1.82) is 0 Å². The van der Waals surface area contributed by atoms with E-state index in [4.69, 9.17) is 0 Å². The molecule has 0 radical (unpaired) electrons. The predicted molar refractivity (Wildman–Crippen MR) is 202 cm³/mol. The molecule has 7 aromatic carbocycles. The standard InChI is InChI=1S/C42H27BN2S/c43-36-25-29(24-35-32-14-6-9-17-41(32)46-42(35)36)45-38-16-8-5-13-31(38)34-23-27(19-21-40(34)45)26-18-20-39-33(22-26)30-12-4-7-15-37(30)44(39)28-10-2-1-3-11-28/h1-25H,43H2. The molecule has 0 saturated carbocycles. The van der Waals surface area contributed by atoms with Crippen LogP contribution in [0.1, 0.15) is 0 Å². The molecule has 0 aliphatic heterocycles. The highest BCUT2D eigenvalue weighted by Crippen LogP contribution is 2.39. The Labute approximate surface area is 270 Å². The maximum Gasteiger partial charge on any atom is 0.141 e. The second kappa shape index (κ2) is 9.71. The van der Waals surface area contributed by atoms with Gasteiger partial charge in [0.25, 0.3) is 0 Å². The fourth-order valence-electron chi connectivity index (χ4n) is 7.55. The number of benzene rings is 7. The maximum atomic E-state index is 2.45. The van der Waals surface area contributed by atoms with Gasteiger partial charge in [-0.05, 0) is 77.9 Å². The number of hydrogen-bond donors (Lipinski definition) is 0. The Morgan fingerprint density at radius 3 is 1.57 bits per heavy atom. The van der Waals surface area contributed by atoms with Gasteiger partial charge in [0.2, 0.25) is 0 Å². The molecule has 4 heteroatoms. The topological polar surface area (TPSA) is 9.86 Å². The van der Waals surface area contributed by atoms with Crippen molar-refractivity contribution in [2.45, 2.75) is 0 Å². The Hall–Kier alpha value is -5.58. The SMILES string of the molecule is Bc1cc(-n2c3ccccc3c3cc(-c4ccc5c(c4)c4ccccc4n5-c4ccccc4)ccc32)cc2c1sc1ccccc12. The first-order valence-corrected chi connectivity index (χ1v) is 16.6. The monoisotopic (exact) mass is 602 g/mol. The van der Waals surface area contributed by atoms with Crippen molar-refractivity contribution in [1.82, 2.24) is 9.13 Å². The van der Waals surface area contributed by atoms with Gasteiger partial charge in [-0.2, -0.15) is 0 Å². The Kier molecular flexibility index (Phi) is 5.43. The van der Waals surface area contributed by atoms with Crippen LogP contribution in [0.5, 0.6) is 0 Å². The molecule has 3 heterocycles. The number of hydrogen-bond acceptors (Lipinski definition) is 1. The summed E-state index contributed by atoms with van der Waals surface area (Å²) in [5.74, 6) is 0. The van der Waals surface area contributed by atoms with Crippen LogP contribution in [0.15, 0.2) is 152 Å². The van der Waals surface area contributed by atoms with Gasteiger partial charge >= 0.3 is 0 Å². The van der Waals surface area contributed by atoms with E-state index >= 15 is 0 Å². The van der Waals surface area contributed by atoms with Gasteiger partial charge in [0, 0.05) is 53.1 Å². The fraction of sp³-hybridized carbons (Fsp3) is 0. The number of fused-ring (bicyclic) bond motifs is 9. The highest BCUT2D eigenvalue weighted by molar-refractivity contribution is 7.26. The molecule has 0 amide bonds. The second-order valence-corrected chi connectivity index (χ2v) is 13.3. The maximum absolute atomic E-state index is 2.45. The highest BCUT2D eigenvalue weighted by Gasteiger charge is 2.17. The molecule has 0 aliphatic carbocycles. The van der Waals surface area contributed by atoms with Gasteiger partial charge in [-0.15, -0.1) is 11.3 Å². The van der Waals surface area contributed by atoms with Gasteiger partial charge in [0.1, 0.15) is 7.85 Å². The minimum Gasteiger partial charge on any atom is -0.309 e. The van der Waals surface area contributed by atoms with E-state index in [1.807, 2.05) is 11.3 Å². The number of rotatable bonds is 3. The first kappa shape index (κ1) is 25.7. The van der Waals surface area contributed by atoms with Crippen LogP contribution in [0, 0.1) is 0 Å². The number of aromatic nitrogens is 2. The molecular formula is C42H27BN2S. The Morgan fingerprint density at radius 2 is 0.913 bits per heavy atom. The molecule has 0 fully saturated rings. The number of para-hydroxylation sites is 3. The Bertz CT molecular complexity index is 2820. The molecule has 10 aromatic rings. The van der Waals surface area contributed by atoms with Gasteiger partial charge in [0.05, 0.1) is 22.1 Å². The third-order valence-corrected chi connectivity index (χ3v) is 10.9. The molecule has 0 bridgehead atoms. The summed E-state index contributed by atoms with van der Waals surface area (Å²) in [7, 11) is 2.25. The zero-order valence-electron chi connectivity index (χ0n) is 25.2. The summed E-state index contributed by atoms with van der Waals surface area (Å²) < 4.78 is 7.54. The fourth-order valence-corrected chi connectivity index (χ4v) is 8.70. The molecule has 0 atom stereocenters. The van der Waals surface area contributed by atoms with Crippen LogP contribution in [-0.4, -0.2) is 17.0 Å². The summed E-state index contributed by atoms with van der Waals surface area (Å²) in [6.45, 7) is 0. The normalized spacial score (nSPS) is 12.0. The van der Waals surface area contributed by atoms with Gasteiger partial charge in [-0.25, -0.2) is 0 Å². The van der Waals surface area contributed by atoms with Gasteiger partial charge in [-0.3, -0.25) is 0 Å². The Morgan fingerprint density at radius 1 is 0.391 bits per heavy atom. The summed E-state index contributed by atoms with van der Waals surface area (Å²) in [5.41, 5.74) is 11.1. The summed E-state index contributed by atoms with van der Waals surface area (Å²) in [6.07, 6.45) is 0. The van der Waals surface area contributed by atoms with Crippen LogP contribution in [0.25, 0.3) is 86.3 Å². The van der Waals surface area contributed by atoms with Gasteiger partial charge < -0.3 is 9.13 Å². The first-order chi connectivity index (χ1) is 22.7. The summed E-state index contributed by atoms with van der Waals surface area (Å²) >= 11 is 1.89. The van der Waals surface area contributed by atoms with Crippen molar-refractivity contribution in [2.75, 3.05) is 0 Å². The lowest BCUT2D eigenvalue weighted by Gasteiger charge is -2.11. The molecule has 10 rings (SSSR count). The minimum absolute atomic E-state index is 1.18. The smallest absolute Gasteiger partial charge is 0.141 e. The Balaban J connectivity index is 1.19. The molecular weight excluding hydrogens is 575 g/mol. The van der Waals surface area contributed by atoms with Crippen molar-refractivity contribution >= 4 is 88.4 Å². The van der Waals surface area contributed by atoms with E-state index in [2.05, 4.69) is 169 Å². The van der Waals surface area contributed by atoms with E-state index in [-0.39, 0.29) is 0 Å². The van der Waals surface area contributed by atoms with E-state index < -0.39 is 0 Å². The molecule has 214 valence electrons. The van der Waals surface area contributed by atoms with Crippen LogP contribution in [0.2, 0.25) is 0 Å². The lowest BCUT2D eigenvalue weighted by atomic mass is 9.93. The van der Waals surface area contributed by atoms with E-state index in [1.165, 1.54) is 91.7 Å². The predicted octanol–water partition coefficient (Wildman–Crippen LogP) is 10.2. The minimum atomic E-state index is 1.18. The van der Waals surface area contributed by atoms with E-state index in [9.17, 15) is 0 Å². The zero-order chi connectivity index (χ0) is 30.4. The van der Waals surface area contributed by atoms with E-state index in [0.717, 1.165) is 0 Å². The third-order valence-electron chi connectivity index (χ3n) is 9.60. The van der Waals surface area contributed by atoms with Crippen molar-refractivity contribution in [3.05, 3.63) is 152 Å². The average Bonchev–Trinajstić information content (AvgIpc) is 3.76. The summed E-state index contributed by atoms with van der Waals surface area (Å²) in [5, 5.41) is 7.75. The molecule has 2 nitrogen and oxygen atoms in total. The molecule has 46 heavy (non-hydrogen) atoms. The molecule has 0 aliphatic rings. The molecule has 0 N–H and O–H groups in total. The van der Waals surface area contributed by atoms with Crippen molar-refractivity contribution < 1.29 is 0 Å². The van der Waals surface area contributed by atoms with Gasteiger partial charge in [-0.1, -0.05) is 90.4 Å².